The highest BCUT2D eigenvalue weighted by Gasteiger charge is 2.60. The van der Waals surface area contributed by atoms with Gasteiger partial charge >= 0.3 is 18.5 Å². The highest BCUT2D eigenvalue weighted by Crippen LogP contribution is 2.45. The van der Waals surface area contributed by atoms with Crippen LogP contribution in [0.5, 0.6) is 5.75 Å². The number of nitrogens with two attached hydrogens (primary N) is 1. The van der Waals surface area contributed by atoms with E-state index in [9.17, 15) is 39.5 Å². The van der Waals surface area contributed by atoms with E-state index in [1.807, 2.05) is 0 Å². The largest absolute Gasteiger partial charge is 0.439 e. The van der Waals surface area contributed by atoms with Crippen LogP contribution < -0.4 is 10.5 Å². The van der Waals surface area contributed by atoms with Crippen molar-refractivity contribution in [3.63, 3.8) is 0 Å². The molecule has 1 aromatic carbocycles. The summed E-state index contributed by atoms with van der Waals surface area (Å²) in [6, 6.07) is 0.846. The van der Waals surface area contributed by atoms with Crippen molar-refractivity contribution in [1.82, 2.24) is 0 Å². The highest BCUT2D eigenvalue weighted by atomic mass is 79.9. The Morgan fingerprint density at radius 1 is 1.00 bits per heavy atom. The van der Waals surface area contributed by atoms with Gasteiger partial charge in [-0.3, -0.25) is 0 Å². The molecule has 0 aliphatic rings. The van der Waals surface area contributed by atoms with Gasteiger partial charge in [0, 0.05) is 5.69 Å². The minimum absolute atomic E-state index is 0.164. The van der Waals surface area contributed by atoms with Crippen molar-refractivity contribution in [2.24, 2.45) is 0 Å². The second kappa shape index (κ2) is 5.70. The molecule has 0 aliphatic heterocycles. The maximum atomic E-state index is 13.1. The first-order valence-corrected chi connectivity index (χ1v) is 5.89. The lowest BCUT2D eigenvalue weighted by Crippen LogP contribution is -2.46. The Morgan fingerprint density at radius 2 is 1.50 bits per heavy atom. The summed E-state index contributed by atoms with van der Waals surface area (Å²) in [4.78, 5) is 0. The normalized spacial score (nSPS) is 14.8. The third-order valence-corrected chi connectivity index (χ3v) is 2.78. The highest BCUT2D eigenvalue weighted by molar-refractivity contribution is 9.10. The minimum atomic E-state index is -6.03. The minimum Gasteiger partial charge on any atom is -0.428 e. The van der Waals surface area contributed by atoms with E-state index in [0.717, 1.165) is 0 Å². The van der Waals surface area contributed by atoms with Crippen molar-refractivity contribution in [2.75, 3.05) is 5.73 Å². The predicted octanol–water partition coefficient (Wildman–Crippen LogP) is 4.92. The van der Waals surface area contributed by atoms with Gasteiger partial charge in [-0.15, -0.1) is 0 Å². The summed E-state index contributed by atoms with van der Waals surface area (Å²) in [7, 11) is 0. The van der Waals surface area contributed by atoms with Crippen LogP contribution >= 0.6 is 15.9 Å². The Balaban J connectivity index is 3.34. The summed E-state index contributed by atoms with van der Waals surface area (Å²) >= 11 is 2.40. The van der Waals surface area contributed by atoms with Crippen molar-refractivity contribution in [2.45, 2.75) is 24.6 Å². The Hall–Kier alpha value is -1.33. The van der Waals surface area contributed by atoms with Gasteiger partial charge in [0.2, 0.25) is 0 Å². The summed E-state index contributed by atoms with van der Waals surface area (Å²) in [5.74, 6) is -1.71. The van der Waals surface area contributed by atoms with Crippen LogP contribution in [0.4, 0.5) is 45.2 Å². The molecule has 1 atom stereocenters. The fraction of sp³-hybridized carbons (Fsp3) is 0.400. The first-order valence-electron chi connectivity index (χ1n) is 5.10. The maximum absolute atomic E-state index is 13.1. The second-order valence-electron chi connectivity index (χ2n) is 3.95. The first kappa shape index (κ1) is 18.7. The molecule has 12 heteroatoms. The van der Waals surface area contributed by atoms with Crippen LogP contribution in [0.3, 0.4) is 0 Å². The molecule has 2 N–H and O–H groups in total. The molecule has 0 bridgehead atoms. The zero-order valence-corrected chi connectivity index (χ0v) is 11.6. The fourth-order valence-corrected chi connectivity index (χ4v) is 1.87. The zero-order valence-electron chi connectivity index (χ0n) is 10.00. The molecular formula is C10H5BrF9NO. The number of nitrogen functional groups attached to an aromatic ring is 1. The van der Waals surface area contributed by atoms with E-state index in [4.69, 9.17) is 5.73 Å². The summed E-state index contributed by atoms with van der Waals surface area (Å²) in [5.41, 5.74) is 2.68. The summed E-state index contributed by atoms with van der Waals surface area (Å²) < 4.78 is 115. The van der Waals surface area contributed by atoms with Crippen molar-refractivity contribution in [3.05, 3.63) is 22.2 Å². The van der Waals surface area contributed by atoms with E-state index in [1.165, 1.54) is 0 Å². The molecule has 1 unspecified atom stereocenters. The molecule has 0 amide bonds. The van der Waals surface area contributed by atoms with E-state index in [-0.39, 0.29) is 6.07 Å². The van der Waals surface area contributed by atoms with E-state index < -0.39 is 46.1 Å². The van der Waals surface area contributed by atoms with Crippen LogP contribution in [-0.2, 0) is 6.18 Å². The number of rotatable bonds is 3. The first-order chi connectivity index (χ1) is 9.66. The van der Waals surface area contributed by atoms with Gasteiger partial charge in [0.1, 0.15) is 5.56 Å². The zero-order chi connectivity index (χ0) is 17.5. The van der Waals surface area contributed by atoms with Crippen molar-refractivity contribution in [1.29, 1.82) is 0 Å². The van der Waals surface area contributed by atoms with Gasteiger partial charge in [-0.05, 0) is 28.1 Å². The Labute approximate surface area is 125 Å². The molecule has 2 nitrogen and oxygen atoms in total. The molecular weight excluding hydrogens is 401 g/mol. The van der Waals surface area contributed by atoms with Crippen LogP contribution in [0.15, 0.2) is 16.6 Å². The van der Waals surface area contributed by atoms with Gasteiger partial charge in [0.15, 0.2) is 5.75 Å². The topological polar surface area (TPSA) is 35.2 Å². The van der Waals surface area contributed by atoms with Gasteiger partial charge in [-0.25, -0.2) is 4.39 Å². The van der Waals surface area contributed by atoms with Gasteiger partial charge in [0.25, 0.3) is 6.17 Å². The maximum Gasteiger partial charge on any atom is 0.439 e. The quantitative estimate of drug-likeness (QED) is 0.572. The molecule has 0 radical (unpaired) electrons. The molecule has 0 aromatic heterocycles. The molecule has 0 heterocycles. The summed E-state index contributed by atoms with van der Waals surface area (Å²) in [6.45, 7) is 0. The third-order valence-electron chi connectivity index (χ3n) is 2.19. The molecule has 1 aromatic rings. The van der Waals surface area contributed by atoms with Crippen LogP contribution in [0.2, 0.25) is 0 Å². The van der Waals surface area contributed by atoms with Crippen LogP contribution in [-0.4, -0.2) is 18.5 Å². The second-order valence-corrected chi connectivity index (χ2v) is 4.80. The number of benzene rings is 1. The lowest BCUT2D eigenvalue weighted by Gasteiger charge is -2.25. The Morgan fingerprint density at radius 3 is 1.91 bits per heavy atom. The van der Waals surface area contributed by atoms with Gasteiger partial charge in [-0.1, -0.05) is 0 Å². The van der Waals surface area contributed by atoms with Crippen molar-refractivity contribution < 1.29 is 44.3 Å². The van der Waals surface area contributed by atoms with Gasteiger partial charge < -0.3 is 10.5 Å². The molecule has 22 heavy (non-hydrogen) atoms. The molecule has 0 saturated carbocycles. The Bertz CT molecular complexity index is 555. The number of halogens is 10. The monoisotopic (exact) mass is 405 g/mol. The van der Waals surface area contributed by atoms with E-state index in [2.05, 4.69) is 20.7 Å². The SMILES string of the molecule is Nc1cc(Br)c(OC(F)(F)C(F)C(F)(F)F)c(C(F)(F)F)c1. The predicted molar refractivity (Wildman–Crippen MR) is 60.1 cm³/mol. The van der Waals surface area contributed by atoms with Crippen molar-refractivity contribution in [3.8, 4) is 5.75 Å². The lowest BCUT2D eigenvalue weighted by atomic mass is 10.1. The fourth-order valence-electron chi connectivity index (χ4n) is 1.31. The summed E-state index contributed by atoms with van der Waals surface area (Å²) in [5, 5.41) is 0. The average molecular weight is 406 g/mol. The number of alkyl halides is 9. The van der Waals surface area contributed by atoms with E-state index in [1.54, 1.807) is 0 Å². The molecule has 1 rings (SSSR count). The molecule has 0 spiro atoms. The smallest absolute Gasteiger partial charge is 0.428 e. The third kappa shape index (κ3) is 4.11. The van der Waals surface area contributed by atoms with Crippen LogP contribution in [0.1, 0.15) is 5.56 Å². The number of ether oxygens (including phenoxy) is 1. The average Bonchev–Trinajstić information content (AvgIpc) is 2.28. The summed E-state index contributed by atoms with van der Waals surface area (Å²) in [6.07, 6.45) is -21.7. The van der Waals surface area contributed by atoms with E-state index in [0.29, 0.717) is 6.07 Å². The number of anilines is 1. The number of hydrogen-bond acceptors (Lipinski definition) is 2. The van der Waals surface area contributed by atoms with Gasteiger partial charge in [-0.2, -0.15) is 35.1 Å². The van der Waals surface area contributed by atoms with Gasteiger partial charge in [0.05, 0.1) is 4.47 Å². The Kier molecular flexibility index (Phi) is 4.85. The molecule has 0 fully saturated rings. The van der Waals surface area contributed by atoms with Crippen molar-refractivity contribution >= 4 is 21.6 Å². The standard InChI is InChI=1S/C10H5BrF9NO/c11-5-2-3(21)1-4(8(13,14)15)6(5)22-10(19,20)7(12)9(16,17)18/h1-2,7H,21H2. The number of hydrogen-bond donors (Lipinski definition) is 1. The van der Waals surface area contributed by atoms with Crippen LogP contribution in [0, 0.1) is 0 Å². The van der Waals surface area contributed by atoms with E-state index >= 15 is 0 Å². The lowest BCUT2D eigenvalue weighted by molar-refractivity contribution is -0.305. The van der Waals surface area contributed by atoms with Crippen LogP contribution in [0.25, 0.3) is 0 Å². The molecule has 0 aliphatic carbocycles. The molecule has 126 valence electrons. The molecule has 0 saturated heterocycles.